The maximum Gasteiger partial charge on any atom is 0.271 e. The van der Waals surface area contributed by atoms with Gasteiger partial charge < -0.3 is 24.3 Å². The zero-order valence-corrected chi connectivity index (χ0v) is 20.6. The molecule has 1 aliphatic heterocycles. The van der Waals surface area contributed by atoms with Crippen molar-refractivity contribution in [3.8, 4) is 5.75 Å². The van der Waals surface area contributed by atoms with Crippen LogP contribution >= 0.6 is 0 Å². The van der Waals surface area contributed by atoms with Gasteiger partial charge in [0.1, 0.15) is 11.4 Å². The molecule has 6 nitrogen and oxygen atoms in total. The van der Waals surface area contributed by atoms with E-state index in [1.54, 1.807) is 14.2 Å². The molecule has 0 aliphatic carbocycles. The molecule has 1 aromatic heterocycles. The Labute approximate surface area is 193 Å². The van der Waals surface area contributed by atoms with Crippen LogP contribution in [0, 0.1) is 0 Å². The largest absolute Gasteiger partial charge is 0.495 e. The Morgan fingerprint density at radius 3 is 2.72 bits per heavy atom. The van der Waals surface area contributed by atoms with Crippen molar-refractivity contribution in [3.63, 3.8) is 0 Å². The lowest BCUT2D eigenvalue weighted by molar-refractivity contribution is 0.0561. The Hall–Kier alpha value is -2.05. The van der Waals surface area contributed by atoms with Gasteiger partial charge in [-0.3, -0.25) is 4.79 Å². The van der Waals surface area contributed by atoms with E-state index in [0.29, 0.717) is 0 Å². The number of hydrogen-bond acceptors (Lipinski definition) is 4. The fraction of sp³-hybridized carbons (Fsp3) is 0.654. The summed E-state index contributed by atoms with van der Waals surface area (Å²) in [6.45, 7) is 9.87. The van der Waals surface area contributed by atoms with Gasteiger partial charge in [0.15, 0.2) is 0 Å². The number of piperidine rings is 1. The van der Waals surface area contributed by atoms with Crippen LogP contribution in [0.4, 0.5) is 0 Å². The van der Waals surface area contributed by atoms with Crippen molar-refractivity contribution >= 4 is 16.8 Å². The maximum atomic E-state index is 14.3. The lowest BCUT2D eigenvalue weighted by atomic mass is 10.0. The van der Waals surface area contributed by atoms with Crippen molar-refractivity contribution in [3.05, 3.63) is 29.5 Å². The van der Waals surface area contributed by atoms with Gasteiger partial charge in [-0.2, -0.15) is 0 Å². The molecule has 0 radical (unpaired) electrons. The van der Waals surface area contributed by atoms with Crippen LogP contribution in [0.25, 0.3) is 10.9 Å². The van der Waals surface area contributed by atoms with Crippen LogP contribution in [-0.2, 0) is 17.7 Å². The second kappa shape index (κ2) is 11.7. The molecule has 178 valence electrons. The van der Waals surface area contributed by atoms with Crippen molar-refractivity contribution in [2.75, 3.05) is 33.9 Å². The number of hydrogen-bond donors (Lipinski definition) is 1. The van der Waals surface area contributed by atoms with Gasteiger partial charge in [0, 0.05) is 44.3 Å². The molecular formula is C26H41N3O3. The molecule has 1 aliphatic rings. The van der Waals surface area contributed by atoms with Gasteiger partial charge in [0.05, 0.1) is 12.6 Å². The van der Waals surface area contributed by atoms with Crippen LogP contribution in [0.3, 0.4) is 0 Å². The van der Waals surface area contributed by atoms with Gasteiger partial charge in [-0.15, -0.1) is 0 Å². The molecular weight excluding hydrogens is 402 g/mol. The van der Waals surface area contributed by atoms with Crippen LogP contribution in [0.15, 0.2) is 18.2 Å². The van der Waals surface area contributed by atoms with Gasteiger partial charge in [-0.25, -0.2) is 0 Å². The van der Waals surface area contributed by atoms with Crippen molar-refractivity contribution in [1.29, 1.82) is 0 Å². The fourth-order valence-corrected chi connectivity index (χ4v) is 5.11. The van der Waals surface area contributed by atoms with E-state index in [-0.39, 0.29) is 18.0 Å². The molecule has 1 N–H and O–H groups in total. The summed E-state index contributed by atoms with van der Waals surface area (Å²) in [4.78, 5) is 16.4. The number of fused-ring (bicyclic) bond motifs is 1. The van der Waals surface area contributed by atoms with Gasteiger partial charge in [0.25, 0.3) is 5.91 Å². The number of carbonyl (C=O) groups is 1. The monoisotopic (exact) mass is 443 g/mol. The average Bonchev–Trinajstić information content (AvgIpc) is 3.11. The highest BCUT2D eigenvalue weighted by Gasteiger charge is 2.33. The summed E-state index contributed by atoms with van der Waals surface area (Å²) in [7, 11) is 3.45. The number of amides is 1. The molecule has 0 saturated carbocycles. The average molecular weight is 444 g/mol. The van der Waals surface area contributed by atoms with Crippen molar-refractivity contribution in [2.24, 2.45) is 0 Å². The third-order valence-electron chi connectivity index (χ3n) is 6.51. The maximum absolute atomic E-state index is 14.3. The highest BCUT2D eigenvalue weighted by atomic mass is 16.5. The molecule has 0 unspecified atom stereocenters. The third-order valence-corrected chi connectivity index (χ3v) is 6.51. The standard InChI is InChI=1S/C26H41N3O3/c1-6-11-21-22-13-9-14-23(32-5)24(22)28(16-7-8-17-31-4)25(21)26(30)29(19(2)3)20-12-10-15-27-18-20/h9,13-14,19-20,27H,6-8,10-12,15-18H2,1-5H3/t20-/m1/s1. The summed E-state index contributed by atoms with van der Waals surface area (Å²) in [6.07, 6.45) is 5.95. The van der Waals surface area contributed by atoms with E-state index in [9.17, 15) is 4.79 Å². The Bertz CT molecular complexity index is 884. The molecule has 1 aromatic carbocycles. The van der Waals surface area contributed by atoms with Crippen molar-refractivity contribution in [1.82, 2.24) is 14.8 Å². The lowest BCUT2D eigenvalue weighted by Crippen LogP contribution is -2.52. The molecule has 1 atom stereocenters. The van der Waals surface area contributed by atoms with Crippen LogP contribution in [0.2, 0.25) is 0 Å². The highest BCUT2D eigenvalue weighted by molar-refractivity contribution is 6.03. The number of aryl methyl sites for hydroxylation is 2. The second-order valence-corrected chi connectivity index (χ2v) is 9.09. The number of rotatable bonds is 11. The van der Waals surface area contributed by atoms with E-state index >= 15 is 0 Å². The molecule has 1 fully saturated rings. The number of carbonyl (C=O) groups excluding carboxylic acids is 1. The molecule has 32 heavy (non-hydrogen) atoms. The van der Waals surface area contributed by atoms with Crippen LogP contribution in [0.5, 0.6) is 5.75 Å². The van der Waals surface area contributed by atoms with E-state index in [0.717, 1.165) is 92.7 Å². The molecule has 0 spiro atoms. The Morgan fingerprint density at radius 1 is 1.28 bits per heavy atom. The number of methoxy groups -OCH3 is 2. The topological polar surface area (TPSA) is 55.7 Å². The van der Waals surface area contributed by atoms with Crippen molar-refractivity contribution < 1.29 is 14.3 Å². The number of ether oxygens (including phenoxy) is 2. The quantitative estimate of drug-likeness (QED) is 0.515. The van der Waals surface area contributed by atoms with E-state index in [2.05, 4.69) is 41.6 Å². The first kappa shape index (κ1) is 24.6. The second-order valence-electron chi connectivity index (χ2n) is 9.09. The van der Waals surface area contributed by atoms with Crippen LogP contribution < -0.4 is 10.1 Å². The van der Waals surface area contributed by atoms with Crippen LogP contribution in [-0.4, -0.2) is 61.4 Å². The van der Waals surface area contributed by atoms with Crippen molar-refractivity contribution in [2.45, 2.75) is 77.9 Å². The van der Waals surface area contributed by atoms with E-state index in [1.807, 2.05) is 12.1 Å². The summed E-state index contributed by atoms with van der Waals surface area (Å²) < 4.78 is 13.3. The van der Waals surface area contributed by atoms with Gasteiger partial charge in [-0.05, 0) is 64.1 Å². The fourth-order valence-electron chi connectivity index (χ4n) is 5.11. The predicted molar refractivity (Wildman–Crippen MR) is 131 cm³/mol. The normalized spacial score (nSPS) is 16.6. The zero-order chi connectivity index (χ0) is 23.1. The Kier molecular flexibility index (Phi) is 9.00. The first-order chi connectivity index (χ1) is 15.5. The van der Waals surface area contributed by atoms with E-state index in [4.69, 9.17) is 9.47 Å². The Morgan fingerprint density at radius 2 is 2.09 bits per heavy atom. The molecule has 6 heteroatoms. The van der Waals surface area contributed by atoms with Gasteiger partial charge in [-0.1, -0.05) is 25.5 Å². The minimum Gasteiger partial charge on any atom is -0.495 e. The Balaban J connectivity index is 2.15. The third kappa shape index (κ3) is 5.12. The number of para-hydroxylation sites is 1. The minimum absolute atomic E-state index is 0.142. The summed E-state index contributed by atoms with van der Waals surface area (Å²) in [6, 6.07) is 6.56. The highest BCUT2D eigenvalue weighted by Crippen LogP contribution is 2.35. The first-order valence-electron chi connectivity index (χ1n) is 12.2. The molecule has 0 bridgehead atoms. The number of unbranched alkanes of at least 4 members (excludes halogenated alkanes) is 1. The molecule has 2 heterocycles. The molecule has 2 aromatic rings. The summed E-state index contributed by atoms with van der Waals surface area (Å²) >= 11 is 0. The molecule has 3 rings (SSSR count). The summed E-state index contributed by atoms with van der Waals surface area (Å²) in [5, 5.41) is 4.63. The first-order valence-corrected chi connectivity index (χ1v) is 12.2. The number of nitrogens with one attached hydrogen (secondary N) is 1. The smallest absolute Gasteiger partial charge is 0.271 e. The SMILES string of the molecule is CCCc1c(C(=O)N(C(C)C)[C@@H]2CCCNC2)n(CCCCOC)c2c(OC)cccc12. The van der Waals surface area contributed by atoms with Crippen LogP contribution in [0.1, 0.15) is 68.9 Å². The molecule has 1 amide bonds. The number of aromatic nitrogens is 1. The summed E-state index contributed by atoms with van der Waals surface area (Å²) in [5.41, 5.74) is 3.06. The number of benzene rings is 1. The zero-order valence-electron chi connectivity index (χ0n) is 20.6. The predicted octanol–water partition coefficient (Wildman–Crippen LogP) is 4.63. The lowest BCUT2D eigenvalue weighted by Gasteiger charge is -2.38. The van der Waals surface area contributed by atoms with E-state index in [1.165, 1.54) is 0 Å². The van der Waals surface area contributed by atoms with Gasteiger partial charge >= 0.3 is 0 Å². The number of nitrogens with zero attached hydrogens (tertiary/aromatic N) is 2. The van der Waals surface area contributed by atoms with E-state index < -0.39 is 0 Å². The summed E-state index contributed by atoms with van der Waals surface area (Å²) in [5.74, 6) is 0.989. The van der Waals surface area contributed by atoms with Gasteiger partial charge in [0.2, 0.25) is 0 Å². The molecule has 1 saturated heterocycles. The minimum atomic E-state index is 0.142.